The molecule has 0 heterocycles. The van der Waals surface area contributed by atoms with Gasteiger partial charge in [-0.25, -0.2) is 8.42 Å². The topological polar surface area (TPSA) is 106 Å². The number of nitriles is 2. The Hall–Kier alpha value is -1.99. The molecule has 2 fully saturated rings. The zero-order chi connectivity index (χ0) is 18.1. The van der Waals surface area contributed by atoms with Gasteiger partial charge in [0.05, 0.1) is 0 Å². The van der Waals surface area contributed by atoms with E-state index in [4.69, 9.17) is 0 Å². The van der Waals surface area contributed by atoms with Crippen LogP contribution in [0, 0.1) is 22.7 Å². The van der Waals surface area contributed by atoms with Crippen LogP contribution in [-0.4, -0.2) is 20.5 Å². The average molecular weight is 362 g/mol. The van der Waals surface area contributed by atoms with E-state index in [1.54, 1.807) is 12.1 Å². The van der Waals surface area contributed by atoms with Crippen molar-refractivity contribution in [3.8, 4) is 12.1 Å². The fraction of sp³-hybridized carbons (Fsp3) is 0.667. The fourth-order valence-electron chi connectivity index (χ4n) is 3.38. The quantitative estimate of drug-likeness (QED) is 0.704. The van der Waals surface area contributed by atoms with E-state index in [1.807, 2.05) is 0 Å². The zero-order valence-corrected chi connectivity index (χ0v) is 15.3. The molecule has 0 bridgehead atoms. The molecule has 6 nitrogen and oxygen atoms in total. The van der Waals surface area contributed by atoms with Gasteiger partial charge in [0.15, 0.2) is 9.81 Å². The first-order valence-electron chi connectivity index (χ1n) is 9.05. The number of hydrogen-bond donors (Lipinski definition) is 2. The first kappa shape index (κ1) is 19.3. The van der Waals surface area contributed by atoms with Gasteiger partial charge in [-0.05, 0) is 25.7 Å². The van der Waals surface area contributed by atoms with Crippen LogP contribution in [0.5, 0.6) is 0 Å². The molecule has 136 valence electrons. The number of allylic oxidation sites excluding steroid dienone is 2. The molecular formula is C18H26N4O2S. The first-order valence-corrected chi connectivity index (χ1v) is 10.5. The van der Waals surface area contributed by atoms with Crippen LogP contribution in [0.4, 0.5) is 0 Å². The van der Waals surface area contributed by atoms with E-state index < -0.39 is 19.6 Å². The largest absolute Gasteiger partial charge is 0.387 e. The predicted octanol–water partition coefficient (Wildman–Crippen LogP) is 2.98. The number of nitrogens with zero attached hydrogens (tertiary/aromatic N) is 2. The Morgan fingerprint density at radius 3 is 1.44 bits per heavy atom. The van der Waals surface area contributed by atoms with E-state index in [-0.39, 0.29) is 12.1 Å². The number of nitrogens with one attached hydrogen (secondary N) is 2. The predicted molar refractivity (Wildman–Crippen MR) is 96.3 cm³/mol. The summed E-state index contributed by atoms with van der Waals surface area (Å²) >= 11 is 0. The van der Waals surface area contributed by atoms with Crippen molar-refractivity contribution in [2.45, 2.75) is 76.3 Å². The number of sulfone groups is 1. The maximum atomic E-state index is 12.6. The number of rotatable bonds is 6. The molecule has 7 heteroatoms. The van der Waals surface area contributed by atoms with Crippen LogP contribution in [-0.2, 0) is 9.84 Å². The Kier molecular flexibility index (Phi) is 7.33. The first-order chi connectivity index (χ1) is 12.1. The summed E-state index contributed by atoms with van der Waals surface area (Å²) in [4.78, 5) is -0.812. The second-order valence-electron chi connectivity index (χ2n) is 6.75. The van der Waals surface area contributed by atoms with Crippen molar-refractivity contribution >= 4 is 9.84 Å². The minimum Gasteiger partial charge on any atom is -0.387 e. The van der Waals surface area contributed by atoms with Crippen molar-refractivity contribution in [2.24, 2.45) is 0 Å². The molecule has 0 aromatic heterocycles. The van der Waals surface area contributed by atoms with Crippen molar-refractivity contribution in [3.63, 3.8) is 0 Å². The van der Waals surface area contributed by atoms with Crippen LogP contribution >= 0.6 is 0 Å². The highest BCUT2D eigenvalue weighted by Crippen LogP contribution is 2.21. The van der Waals surface area contributed by atoms with Crippen molar-refractivity contribution in [1.29, 1.82) is 10.5 Å². The summed E-state index contributed by atoms with van der Waals surface area (Å²) in [6.07, 6.45) is 13.2. The van der Waals surface area contributed by atoms with E-state index in [0.717, 1.165) is 51.4 Å². The molecule has 2 N–H and O–H groups in total. The molecule has 0 aromatic rings. The second kappa shape index (κ2) is 9.48. The van der Waals surface area contributed by atoms with E-state index in [1.165, 1.54) is 25.2 Å². The van der Waals surface area contributed by atoms with Crippen LogP contribution in [0.1, 0.15) is 64.2 Å². The lowest BCUT2D eigenvalue weighted by atomic mass is 9.96. The molecule has 2 aliphatic rings. The SMILES string of the molecule is N#C/C(=C\NC1CCCCC1)S(=O)(=O)/C(C#N)=C/NC1CCCCC1. The lowest BCUT2D eigenvalue weighted by Gasteiger charge is -2.22. The maximum Gasteiger partial charge on any atom is 0.229 e. The summed E-state index contributed by atoms with van der Waals surface area (Å²) < 4.78 is 25.2. The molecule has 0 saturated heterocycles. The summed E-state index contributed by atoms with van der Waals surface area (Å²) in [5.74, 6) is 0. The van der Waals surface area contributed by atoms with Crippen LogP contribution < -0.4 is 10.6 Å². The molecule has 0 atom stereocenters. The van der Waals surface area contributed by atoms with Gasteiger partial charge in [0.2, 0.25) is 9.84 Å². The normalized spacial score (nSPS) is 21.2. The molecule has 2 saturated carbocycles. The van der Waals surface area contributed by atoms with Gasteiger partial charge in [0.25, 0.3) is 0 Å². The summed E-state index contributed by atoms with van der Waals surface area (Å²) in [6.45, 7) is 0. The third-order valence-corrected chi connectivity index (χ3v) is 6.49. The minimum absolute atomic E-state index is 0.196. The van der Waals surface area contributed by atoms with Gasteiger partial charge in [-0.15, -0.1) is 0 Å². The van der Waals surface area contributed by atoms with Gasteiger partial charge in [0.1, 0.15) is 12.1 Å². The monoisotopic (exact) mass is 362 g/mol. The van der Waals surface area contributed by atoms with E-state index in [0.29, 0.717) is 0 Å². The molecule has 0 aliphatic heterocycles. The van der Waals surface area contributed by atoms with Crippen LogP contribution in [0.2, 0.25) is 0 Å². The summed E-state index contributed by atoms with van der Waals surface area (Å²) in [5, 5.41) is 24.6. The van der Waals surface area contributed by atoms with Gasteiger partial charge in [-0.3, -0.25) is 0 Å². The summed E-state index contributed by atoms with van der Waals surface area (Å²) in [7, 11) is -4.09. The van der Waals surface area contributed by atoms with E-state index in [9.17, 15) is 18.9 Å². The van der Waals surface area contributed by atoms with Gasteiger partial charge < -0.3 is 10.6 Å². The molecule has 2 rings (SSSR count). The van der Waals surface area contributed by atoms with Gasteiger partial charge >= 0.3 is 0 Å². The van der Waals surface area contributed by atoms with Crippen molar-refractivity contribution < 1.29 is 8.42 Å². The standard InChI is InChI=1S/C18H26N4O2S/c19-11-17(13-21-15-7-3-1-4-8-15)25(23,24)18(12-20)14-22-16-9-5-2-6-10-16/h13-16,21-22H,1-10H2/b17-13+,18-14+. The maximum absolute atomic E-state index is 12.6. The summed E-state index contributed by atoms with van der Waals surface area (Å²) in [5.41, 5.74) is 0. The Bertz CT molecular complexity index is 632. The molecule has 0 aromatic carbocycles. The molecule has 0 spiro atoms. The molecule has 0 unspecified atom stereocenters. The Morgan fingerprint density at radius 1 is 0.760 bits per heavy atom. The van der Waals surface area contributed by atoms with Gasteiger partial charge in [-0.1, -0.05) is 38.5 Å². The fourth-order valence-corrected chi connectivity index (χ4v) is 4.31. The Balaban J connectivity index is 2.08. The number of hydrogen-bond acceptors (Lipinski definition) is 6. The lowest BCUT2D eigenvalue weighted by molar-refractivity contribution is 0.404. The summed E-state index contributed by atoms with van der Waals surface area (Å²) in [6, 6.07) is 3.84. The van der Waals surface area contributed by atoms with Crippen molar-refractivity contribution in [3.05, 3.63) is 22.2 Å². The highest BCUT2D eigenvalue weighted by molar-refractivity contribution is 7.99. The molecule has 0 amide bonds. The molecule has 25 heavy (non-hydrogen) atoms. The highest BCUT2D eigenvalue weighted by atomic mass is 32.2. The van der Waals surface area contributed by atoms with Gasteiger partial charge in [0, 0.05) is 24.5 Å². The van der Waals surface area contributed by atoms with E-state index >= 15 is 0 Å². The molecule has 2 aliphatic carbocycles. The third kappa shape index (κ3) is 5.51. The highest BCUT2D eigenvalue weighted by Gasteiger charge is 2.25. The van der Waals surface area contributed by atoms with Crippen molar-refractivity contribution in [1.82, 2.24) is 10.6 Å². The van der Waals surface area contributed by atoms with E-state index in [2.05, 4.69) is 10.6 Å². The van der Waals surface area contributed by atoms with Crippen LogP contribution in [0.15, 0.2) is 22.2 Å². The second-order valence-corrected chi connectivity index (χ2v) is 8.63. The van der Waals surface area contributed by atoms with Crippen LogP contribution in [0.3, 0.4) is 0 Å². The molecule has 0 radical (unpaired) electrons. The average Bonchev–Trinajstić information content (AvgIpc) is 2.64. The molecular weight excluding hydrogens is 336 g/mol. The zero-order valence-electron chi connectivity index (χ0n) is 14.5. The smallest absolute Gasteiger partial charge is 0.229 e. The third-order valence-electron chi connectivity index (χ3n) is 4.91. The Morgan fingerprint density at radius 2 is 1.12 bits per heavy atom. The van der Waals surface area contributed by atoms with Crippen molar-refractivity contribution in [2.75, 3.05) is 0 Å². The lowest BCUT2D eigenvalue weighted by Crippen LogP contribution is -2.28. The van der Waals surface area contributed by atoms with Crippen LogP contribution in [0.25, 0.3) is 0 Å². The minimum atomic E-state index is -4.09. The van der Waals surface area contributed by atoms with Gasteiger partial charge in [-0.2, -0.15) is 10.5 Å². The Labute approximate surface area is 150 Å².